The highest BCUT2D eigenvalue weighted by molar-refractivity contribution is 6.30. The summed E-state index contributed by atoms with van der Waals surface area (Å²) in [5.41, 5.74) is 1.86. The normalized spacial score (nSPS) is 15.1. The number of phenolic OH excluding ortho intramolecular Hbond substituents is 1. The standard InChI is InChI=1S/C18H16ClNO3/c1-20(2)10-14-15(21)7-6-13-17(22)16(23-18(13)14)9-11-4-3-5-12(19)8-11/h3-9,21H,10H2,1-2H3/b16-9-. The lowest BCUT2D eigenvalue weighted by atomic mass is 10.0. The first-order valence-corrected chi connectivity index (χ1v) is 7.53. The van der Waals surface area contributed by atoms with E-state index in [2.05, 4.69) is 0 Å². The monoisotopic (exact) mass is 329 g/mol. The summed E-state index contributed by atoms with van der Waals surface area (Å²) < 4.78 is 5.76. The van der Waals surface area contributed by atoms with Crippen molar-refractivity contribution in [2.45, 2.75) is 6.54 Å². The van der Waals surface area contributed by atoms with Gasteiger partial charge in [-0.2, -0.15) is 0 Å². The van der Waals surface area contributed by atoms with Crippen LogP contribution in [0.5, 0.6) is 11.5 Å². The van der Waals surface area contributed by atoms with Crippen LogP contribution in [0.15, 0.2) is 42.2 Å². The Bertz CT molecular complexity index is 812. The molecule has 0 aromatic heterocycles. The summed E-state index contributed by atoms with van der Waals surface area (Å²) >= 11 is 5.97. The molecule has 1 N–H and O–H groups in total. The van der Waals surface area contributed by atoms with Crippen molar-refractivity contribution in [3.8, 4) is 11.5 Å². The Hall–Kier alpha value is -2.30. The van der Waals surface area contributed by atoms with E-state index < -0.39 is 0 Å². The van der Waals surface area contributed by atoms with Crippen molar-refractivity contribution in [1.29, 1.82) is 0 Å². The number of hydrogen-bond donors (Lipinski definition) is 1. The SMILES string of the molecule is CN(C)Cc1c(O)ccc2c1O/C(=C\c1cccc(Cl)c1)C2=O. The highest BCUT2D eigenvalue weighted by Crippen LogP contribution is 2.39. The number of aromatic hydroxyl groups is 1. The fraction of sp³-hybridized carbons (Fsp3) is 0.167. The van der Waals surface area contributed by atoms with Crippen LogP contribution >= 0.6 is 11.6 Å². The van der Waals surface area contributed by atoms with Gasteiger partial charge in [0.05, 0.1) is 11.1 Å². The summed E-state index contributed by atoms with van der Waals surface area (Å²) in [6, 6.07) is 10.3. The Balaban J connectivity index is 2.02. The summed E-state index contributed by atoms with van der Waals surface area (Å²) in [7, 11) is 3.77. The van der Waals surface area contributed by atoms with Crippen LogP contribution in [0.25, 0.3) is 6.08 Å². The van der Waals surface area contributed by atoms with E-state index in [4.69, 9.17) is 16.3 Å². The number of nitrogens with zero attached hydrogens (tertiary/aromatic N) is 1. The van der Waals surface area contributed by atoms with E-state index in [-0.39, 0.29) is 17.3 Å². The molecular weight excluding hydrogens is 314 g/mol. The zero-order chi connectivity index (χ0) is 16.6. The maximum absolute atomic E-state index is 12.5. The molecule has 0 spiro atoms. The first kappa shape index (κ1) is 15.6. The molecule has 1 aliphatic heterocycles. The molecule has 23 heavy (non-hydrogen) atoms. The Morgan fingerprint density at radius 1 is 1.26 bits per heavy atom. The molecule has 0 fully saturated rings. The van der Waals surface area contributed by atoms with Gasteiger partial charge in [-0.15, -0.1) is 0 Å². The Morgan fingerprint density at radius 3 is 2.74 bits per heavy atom. The van der Waals surface area contributed by atoms with Crippen molar-refractivity contribution in [3.05, 3.63) is 63.9 Å². The molecule has 0 unspecified atom stereocenters. The minimum absolute atomic E-state index is 0.120. The highest BCUT2D eigenvalue weighted by atomic mass is 35.5. The molecule has 2 aromatic rings. The average Bonchev–Trinajstić information content (AvgIpc) is 2.79. The lowest BCUT2D eigenvalue weighted by Gasteiger charge is -2.13. The second-order valence-corrected chi connectivity index (χ2v) is 6.11. The van der Waals surface area contributed by atoms with Crippen molar-refractivity contribution in [2.75, 3.05) is 14.1 Å². The van der Waals surface area contributed by atoms with Crippen molar-refractivity contribution in [3.63, 3.8) is 0 Å². The number of halogens is 1. The topological polar surface area (TPSA) is 49.8 Å². The smallest absolute Gasteiger partial charge is 0.231 e. The Morgan fingerprint density at radius 2 is 2.04 bits per heavy atom. The number of carbonyl (C=O) groups is 1. The van der Waals surface area contributed by atoms with Crippen molar-refractivity contribution in [1.82, 2.24) is 4.90 Å². The van der Waals surface area contributed by atoms with Gasteiger partial charge in [0, 0.05) is 11.6 Å². The van der Waals surface area contributed by atoms with Gasteiger partial charge < -0.3 is 14.7 Å². The third-order valence-corrected chi connectivity index (χ3v) is 3.77. The predicted octanol–water partition coefficient (Wildman–Crippen LogP) is 3.72. The molecule has 1 heterocycles. The number of hydrogen-bond acceptors (Lipinski definition) is 4. The fourth-order valence-electron chi connectivity index (χ4n) is 2.51. The zero-order valence-corrected chi connectivity index (χ0v) is 13.6. The minimum atomic E-state index is -0.194. The van der Waals surface area contributed by atoms with Crippen LogP contribution in [0.4, 0.5) is 0 Å². The van der Waals surface area contributed by atoms with E-state index in [1.54, 1.807) is 24.3 Å². The Labute approximate surface area is 139 Å². The number of ether oxygens (including phenoxy) is 1. The molecule has 0 radical (unpaired) electrons. The molecule has 4 nitrogen and oxygen atoms in total. The minimum Gasteiger partial charge on any atom is -0.507 e. The Kier molecular flexibility index (Phi) is 4.11. The second-order valence-electron chi connectivity index (χ2n) is 5.67. The number of benzene rings is 2. The van der Waals surface area contributed by atoms with Gasteiger partial charge in [0.2, 0.25) is 5.78 Å². The van der Waals surface area contributed by atoms with Gasteiger partial charge in [-0.25, -0.2) is 0 Å². The molecule has 0 bridgehead atoms. The molecule has 5 heteroatoms. The average molecular weight is 330 g/mol. The largest absolute Gasteiger partial charge is 0.507 e. The van der Waals surface area contributed by atoms with E-state index in [1.165, 1.54) is 6.07 Å². The number of allylic oxidation sites excluding steroid dienone is 1. The van der Waals surface area contributed by atoms with Crippen molar-refractivity contribution >= 4 is 23.5 Å². The van der Waals surface area contributed by atoms with E-state index in [0.29, 0.717) is 28.4 Å². The maximum Gasteiger partial charge on any atom is 0.231 e. The van der Waals surface area contributed by atoms with E-state index in [9.17, 15) is 9.90 Å². The maximum atomic E-state index is 12.5. The van der Waals surface area contributed by atoms with E-state index in [0.717, 1.165) is 5.56 Å². The van der Waals surface area contributed by atoms with E-state index in [1.807, 2.05) is 31.1 Å². The van der Waals surface area contributed by atoms with Crippen LogP contribution in [-0.2, 0) is 6.54 Å². The highest BCUT2D eigenvalue weighted by Gasteiger charge is 2.31. The third kappa shape index (κ3) is 3.09. The summed E-state index contributed by atoms with van der Waals surface area (Å²) in [6.45, 7) is 0.479. The zero-order valence-electron chi connectivity index (χ0n) is 12.8. The molecule has 0 atom stereocenters. The van der Waals surface area contributed by atoms with Crippen LogP contribution in [0.1, 0.15) is 21.5 Å². The lowest BCUT2D eigenvalue weighted by Crippen LogP contribution is -2.11. The van der Waals surface area contributed by atoms with E-state index >= 15 is 0 Å². The predicted molar refractivity (Wildman–Crippen MR) is 89.9 cm³/mol. The summed E-state index contributed by atoms with van der Waals surface area (Å²) in [6.07, 6.45) is 1.66. The van der Waals surface area contributed by atoms with Crippen LogP contribution < -0.4 is 4.74 Å². The van der Waals surface area contributed by atoms with Crippen LogP contribution in [0, 0.1) is 0 Å². The van der Waals surface area contributed by atoms with Gasteiger partial charge >= 0.3 is 0 Å². The van der Waals surface area contributed by atoms with Gasteiger partial charge in [0.25, 0.3) is 0 Å². The number of phenols is 1. The van der Waals surface area contributed by atoms with Crippen molar-refractivity contribution in [2.24, 2.45) is 0 Å². The number of rotatable bonds is 3. The van der Waals surface area contributed by atoms with Crippen molar-refractivity contribution < 1.29 is 14.6 Å². The quantitative estimate of drug-likeness (QED) is 0.872. The molecule has 1 aliphatic rings. The molecular formula is C18H16ClNO3. The first-order chi connectivity index (χ1) is 11.0. The fourth-order valence-corrected chi connectivity index (χ4v) is 2.71. The number of ketones is 1. The number of Topliss-reactive ketones (excluding diaryl/α,β-unsaturated/α-hetero) is 1. The van der Waals surface area contributed by atoms with Crippen LogP contribution in [-0.4, -0.2) is 29.9 Å². The summed E-state index contributed by atoms with van der Waals surface area (Å²) in [5, 5.41) is 10.7. The van der Waals surface area contributed by atoms with Gasteiger partial charge in [-0.05, 0) is 50.0 Å². The first-order valence-electron chi connectivity index (χ1n) is 7.15. The molecule has 0 saturated heterocycles. The number of carbonyl (C=O) groups excluding carboxylic acids is 1. The molecule has 0 amide bonds. The van der Waals surface area contributed by atoms with Crippen LogP contribution in [0.3, 0.4) is 0 Å². The van der Waals surface area contributed by atoms with Gasteiger partial charge in [0.15, 0.2) is 5.76 Å². The molecule has 118 valence electrons. The lowest BCUT2D eigenvalue weighted by molar-refractivity contribution is 0.101. The molecule has 0 saturated carbocycles. The number of fused-ring (bicyclic) bond motifs is 1. The molecule has 3 rings (SSSR count). The van der Waals surface area contributed by atoms with Gasteiger partial charge in [-0.3, -0.25) is 4.79 Å². The van der Waals surface area contributed by atoms with Crippen LogP contribution in [0.2, 0.25) is 5.02 Å². The summed E-state index contributed by atoms with van der Waals surface area (Å²) in [4.78, 5) is 14.4. The third-order valence-electron chi connectivity index (χ3n) is 3.54. The summed E-state index contributed by atoms with van der Waals surface area (Å²) in [5.74, 6) is 0.582. The molecule has 0 aliphatic carbocycles. The molecule has 2 aromatic carbocycles. The second kappa shape index (κ2) is 6.07. The van der Waals surface area contributed by atoms with Gasteiger partial charge in [-0.1, -0.05) is 23.7 Å². The van der Waals surface area contributed by atoms with Gasteiger partial charge in [0.1, 0.15) is 11.5 Å².